The zero-order valence-corrected chi connectivity index (χ0v) is 25.0. The number of carbonyl (C=O) groups is 2. The van der Waals surface area contributed by atoms with Crippen LogP contribution in [-0.2, 0) is 9.59 Å². The first-order valence-corrected chi connectivity index (χ1v) is 16.0. The minimum Gasteiger partial charge on any atom is -0.326 e. The Morgan fingerprint density at radius 2 is 1.10 bits per heavy atom. The van der Waals surface area contributed by atoms with Gasteiger partial charge in [0.05, 0.1) is 16.1 Å². The van der Waals surface area contributed by atoms with Crippen LogP contribution in [0.25, 0.3) is 21.8 Å². The number of unbranched alkanes of at least 4 members (excludes halogenated alkanes) is 4. The number of anilines is 2. The van der Waals surface area contributed by atoms with Crippen molar-refractivity contribution in [3.63, 3.8) is 0 Å². The SMILES string of the molecule is O=C(CCCCCN1CCCC1)Nc1ccc2c(Cl)c3ccc(NC(=O)CCCCCN4CCCC4)cc3nc2c1. The van der Waals surface area contributed by atoms with Crippen molar-refractivity contribution in [2.75, 3.05) is 49.9 Å². The molecule has 2 amide bonds. The first kappa shape index (κ1) is 29.7. The zero-order chi connectivity index (χ0) is 28.4. The Kier molecular flexibility index (Phi) is 10.8. The molecule has 2 fully saturated rings. The van der Waals surface area contributed by atoms with E-state index in [0.717, 1.165) is 73.8 Å². The van der Waals surface area contributed by atoms with Gasteiger partial charge in [-0.1, -0.05) is 24.4 Å². The summed E-state index contributed by atoms with van der Waals surface area (Å²) in [5.41, 5.74) is 2.87. The van der Waals surface area contributed by atoms with Gasteiger partial charge in [-0.25, -0.2) is 4.98 Å². The molecule has 0 spiro atoms. The van der Waals surface area contributed by atoms with Crippen molar-refractivity contribution < 1.29 is 9.59 Å². The first-order valence-electron chi connectivity index (χ1n) is 15.6. The number of hydrogen-bond acceptors (Lipinski definition) is 5. The molecule has 0 aliphatic carbocycles. The van der Waals surface area contributed by atoms with Crippen LogP contribution in [0, 0.1) is 0 Å². The number of nitrogens with one attached hydrogen (secondary N) is 2. The number of rotatable bonds is 14. The van der Waals surface area contributed by atoms with E-state index in [9.17, 15) is 9.59 Å². The minimum absolute atomic E-state index is 0.0263. The number of nitrogens with zero attached hydrogens (tertiary/aromatic N) is 3. The Hall–Kier alpha value is -2.74. The quantitative estimate of drug-likeness (QED) is 0.156. The monoisotopic (exact) mass is 577 g/mol. The lowest BCUT2D eigenvalue weighted by molar-refractivity contribution is -0.117. The molecule has 2 aliphatic heterocycles. The molecule has 0 unspecified atom stereocenters. The molecule has 2 aliphatic rings. The van der Waals surface area contributed by atoms with Gasteiger partial charge in [0.2, 0.25) is 11.8 Å². The van der Waals surface area contributed by atoms with Gasteiger partial charge in [-0.05, 0) is 127 Å². The van der Waals surface area contributed by atoms with E-state index in [1.807, 2.05) is 36.4 Å². The van der Waals surface area contributed by atoms with Crippen LogP contribution in [0.3, 0.4) is 0 Å². The van der Waals surface area contributed by atoms with Gasteiger partial charge < -0.3 is 20.4 Å². The highest BCUT2D eigenvalue weighted by Crippen LogP contribution is 2.33. The first-order chi connectivity index (χ1) is 20.0. The van der Waals surface area contributed by atoms with Gasteiger partial charge in [-0.3, -0.25) is 9.59 Å². The molecular formula is C33H44ClN5O2. The van der Waals surface area contributed by atoms with Crippen LogP contribution in [0.5, 0.6) is 0 Å². The minimum atomic E-state index is 0.0263. The fourth-order valence-electron chi connectivity index (χ4n) is 6.10. The zero-order valence-electron chi connectivity index (χ0n) is 24.2. The van der Waals surface area contributed by atoms with Crippen molar-refractivity contribution in [3.8, 4) is 0 Å². The van der Waals surface area contributed by atoms with Crippen molar-refractivity contribution in [1.29, 1.82) is 0 Å². The summed E-state index contributed by atoms with van der Waals surface area (Å²) in [7, 11) is 0. The number of pyridine rings is 1. The molecule has 0 atom stereocenters. The molecular weight excluding hydrogens is 534 g/mol. The van der Waals surface area contributed by atoms with Crippen LogP contribution in [-0.4, -0.2) is 65.9 Å². The van der Waals surface area contributed by atoms with E-state index in [-0.39, 0.29) is 11.8 Å². The lowest BCUT2D eigenvalue weighted by atomic mass is 10.1. The second-order valence-corrected chi connectivity index (χ2v) is 12.1. The second kappa shape index (κ2) is 14.9. The number of amides is 2. The molecule has 41 heavy (non-hydrogen) atoms. The number of halogens is 1. The maximum atomic E-state index is 12.6. The van der Waals surface area contributed by atoms with E-state index in [1.165, 1.54) is 51.9 Å². The lowest BCUT2D eigenvalue weighted by Crippen LogP contribution is -2.20. The molecule has 3 heterocycles. The largest absolute Gasteiger partial charge is 0.326 e. The molecule has 220 valence electrons. The Bertz CT molecular complexity index is 1240. The molecule has 5 rings (SSSR count). The van der Waals surface area contributed by atoms with Crippen molar-refractivity contribution in [2.45, 2.75) is 77.0 Å². The molecule has 3 aromatic rings. The van der Waals surface area contributed by atoms with Gasteiger partial charge in [0, 0.05) is 35.0 Å². The number of likely N-dealkylation sites (tertiary alicyclic amines) is 2. The predicted molar refractivity (Wildman–Crippen MR) is 170 cm³/mol. The van der Waals surface area contributed by atoms with Crippen LogP contribution >= 0.6 is 11.6 Å². The highest BCUT2D eigenvalue weighted by molar-refractivity contribution is 6.40. The summed E-state index contributed by atoms with van der Waals surface area (Å²) in [5.74, 6) is 0.0527. The molecule has 2 N–H and O–H groups in total. The van der Waals surface area contributed by atoms with Gasteiger partial charge in [0.15, 0.2) is 0 Å². The second-order valence-electron chi connectivity index (χ2n) is 11.7. The third kappa shape index (κ3) is 8.63. The van der Waals surface area contributed by atoms with Gasteiger partial charge in [-0.15, -0.1) is 0 Å². The highest BCUT2D eigenvalue weighted by Gasteiger charge is 2.13. The summed E-state index contributed by atoms with van der Waals surface area (Å²) in [4.78, 5) is 35.0. The van der Waals surface area contributed by atoms with Crippen molar-refractivity contribution in [1.82, 2.24) is 14.8 Å². The Balaban J connectivity index is 1.12. The Morgan fingerprint density at radius 1 is 0.659 bits per heavy atom. The molecule has 7 nitrogen and oxygen atoms in total. The third-order valence-electron chi connectivity index (χ3n) is 8.43. The van der Waals surface area contributed by atoms with E-state index in [2.05, 4.69) is 20.4 Å². The number of aromatic nitrogens is 1. The molecule has 2 aromatic carbocycles. The van der Waals surface area contributed by atoms with E-state index in [0.29, 0.717) is 28.9 Å². The van der Waals surface area contributed by atoms with E-state index in [4.69, 9.17) is 16.6 Å². The van der Waals surface area contributed by atoms with E-state index in [1.54, 1.807) is 0 Å². The predicted octanol–water partition coefficient (Wildman–Crippen LogP) is 7.23. The number of carbonyl (C=O) groups excluding carboxylic acids is 2. The summed E-state index contributed by atoms with van der Waals surface area (Å²) >= 11 is 6.76. The average molecular weight is 578 g/mol. The van der Waals surface area contributed by atoms with Gasteiger partial charge >= 0.3 is 0 Å². The number of hydrogen-bond donors (Lipinski definition) is 2. The average Bonchev–Trinajstić information content (AvgIpc) is 3.67. The van der Waals surface area contributed by atoms with Crippen molar-refractivity contribution >= 4 is 56.6 Å². The third-order valence-corrected chi connectivity index (χ3v) is 8.84. The number of benzene rings is 2. The lowest BCUT2D eigenvalue weighted by Gasteiger charge is -2.14. The topological polar surface area (TPSA) is 77.6 Å². The van der Waals surface area contributed by atoms with E-state index < -0.39 is 0 Å². The van der Waals surface area contributed by atoms with Crippen molar-refractivity contribution in [3.05, 3.63) is 41.4 Å². The Morgan fingerprint density at radius 3 is 1.54 bits per heavy atom. The normalized spacial score (nSPS) is 16.1. The number of fused-ring (bicyclic) bond motifs is 2. The highest BCUT2D eigenvalue weighted by atomic mass is 35.5. The van der Waals surface area contributed by atoms with Crippen LogP contribution in [0.1, 0.15) is 77.0 Å². The van der Waals surface area contributed by atoms with E-state index >= 15 is 0 Å². The summed E-state index contributed by atoms with van der Waals surface area (Å²) in [5, 5.41) is 8.34. The molecule has 8 heteroatoms. The summed E-state index contributed by atoms with van der Waals surface area (Å²) < 4.78 is 0. The maximum absolute atomic E-state index is 12.6. The fraction of sp³-hybridized carbons (Fsp3) is 0.545. The van der Waals surface area contributed by atoms with Gasteiger partial charge in [0.1, 0.15) is 0 Å². The summed E-state index contributed by atoms with van der Waals surface area (Å²) in [6.45, 7) is 7.21. The molecule has 0 radical (unpaired) electrons. The van der Waals surface area contributed by atoms with Gasteiger partial charge in [-0.2, -0.15) is 0 Å². The molecule has 1 aromatic heterocycles. The smallest absolute Gasteiger partial charge is 0.224 e. The van der Waals surface area contributed by atoms with Crippen LogP contribution in [0.2, 0.25) is 5.02 Å². The Labute approximate surface area is 249 Å². The van der Waals surface area contributed by atoms with Crippen LogP contribution < -0.4 is 10.6 Å². The standard InChI is InChI=1S/C33H44ClN5O2/c34-33-27-15-13-25(35-31(40)11-3-1-5-17-38-19-7-8-20-38)23-29(27)37-30-24-26(14-16-28(30)33)36-32(41)12-4-2-6-18-39-21-9-10-22-39/h13-16,23-24H,1-12,17-22H2,(H,35,40)(H,36,41). The maximum Gasteiger partial charge on any atom is 0.224 e. The summed E-state index contributed by atoms with van der Waals surface area (Å²) in [6, 6.07) is 11.3. The molecule has 0 bridgehead atoms. The fourth-order valence-corrected chi connectivity index (χ4v) is 6.42. The van der Waals surface area contributed by atoms with Crippen LogP contribution in [0.15, 0.2) is 36.4 Å². The summed E-state index contributed by atoms with van der Waals surface area (Å²) in [6.07, 6.45) is 12.6. The van der Waals surface area contributed by atoms with Gasteiger partial charge in [0.25, 0.3) is 0 Å². The van der Waals surface area contributed by atoms with Crippen molar-refractivity contribution in [2.24, 2.45) is 0 Å². The molecule has 0 saturated carbocycles. The molecule has 2 saturated heterocycles. The van der Waals surface area contributed by atoms with Crippen LogP contribution in [0.4, 0.5) is 11.4 Å².